The average Bonchev–Trinajstić information content (AvgIpc) is 3.22. The lowest BCUT2D eigenvalue weighted by molar-refractivity contribution is 0.153. The average molecular weight is 380 g/mol. The normalized spacial score (nSPS) is 20.6. The summed E-state index contributed by atoms with van der Waals surface area (Å²) < 4.78 is 38.3. The van der Waals surface area contributed by atoms with Gasteiger partial charge in [0.05, 0.1) is 0 Å². The molecule has 142 valence electrons. The van der Waals surface area contributed by atoms with Crippen molar-refractivity contribution in [2.75, 3.05) is 26.2 Å². The molecule has 2 aliphatic rings. The largest absolute Gasteiger partial charge is 0.438 e. The Morgan fingerprint density at radius 3 is 2.42 bits per heavy atom. The van der Waals surface area contributed by atoms with Crippen LogP contribution in [-0.4, -0.2) is 60.0 Å². The van der Waals surface area contributed by atoms with Crippen molar-refractivity contribution < 1.29 is 17.3 Å². The molecule has 2 aromatic rings. The van der Waals surface area contributed by atoms with Crippen LogP contribution in [0.15, 0.2) is 26.1 Å². The Morgan fingerprint density at radius 1 is 1.08 bits per heavy atom. The predicted octanol–water partition coefficient (Wildman–Crippen LogP) is 2.31. The fraction of sp³-hybridized carbons (Fsp3) is 0.647. The Morgan fingerprint density at radius 2 is 1.81 bits per heavy atom. The van der Waals surface area contributed by atoms with Gasteiger partial charge in [-0.05, 0) is 38.8 Å². The van der Waals surface area contributed by atoms with Gasteiger partial charge in [0.15, 0.2) is 5.76 Å². The van der Waals surface area contributed by atoms with Crippen LogP contribution >= 0.6 is 0 Å². The second-order valence-corrected chi connectivity index (χ2v) is 9.09. The van der Waals surface area contributed by atoms with Gasteiger partial charge in [-0.15, -0.1) is 10.2 Å². The molecule has 1 saturated heterocycles. The Balaban J connectivity index is 1.49. The maximum absolute atomic E-state index is 12.8. The highest BCUT2D eigenvalue weighted by Crippen LogP contribution is 2.36. The summed E-state index contributed by atoms with van der Waals surface area (Å²) in [6.07, 6.45) is 3.29. The third-order valence-corrected chi connectivity index (χ3v) is 7.06. The molecule has 0 spiro atoms. The zero-order chi connectivity index (χ0) is 18.3. The van der Waals surface area contributed by atoms with Gasteiger partial charge in [-0.1, -0.05) is 6.42 Å². The summed E-state index contributed by atoms with van der Waals surface area (Å²) in [6.45, 7) is 6.60. The van der Waals surface area contributed by atoms with E-state index < -0.39 is 10.0 Å². The Bertz CT molecular complexity index is 861. The molecule has 0 amide bonds. The van der Waals surface area contributed by atoms with Crippen LogP contribution in [0.2, 0.25) is 0 Å². The first-order valence-electron chi connectivity index (χ1n) is 9.13. The summed E-state index contributed by atoms with van der Waals surface area (Å²) in [7, 11) is -3.65. The van der Waals surface area contributed by atoms with Crippen LogP contribution in [-0.2, 0) is 10.0 Å². The van der Waals surface area contributed by atoms with Gasteiger partial charge in [-0.3, -0.25) is 4.90 Å². The van der Waals surface area contributed by atoms with E-state index in [1.807, 2.05) is 0 Å². The van der Waals surface area contributed by atoms with Gasteiger partial charge in [-0.25, -0.2) is 8.42 Å². The quantitative estimate of drug-likeness (QED) is 0.786. The summed E-state index contributed by atoms with van der Waals surface area (Å²) in [6, 6.07) is 3.46. The summed E-state index contributed by atoms with van der Waals surface area (Å²) >= 11 is 0. The van der Waals surface area contributed by atoms with E-state index >= 15 is 0 Å². The molecule has 3 heterocycles. The molecule has 0 atom stereocenters. The zero-order valence-electron chi connectivity index (χ0n) is 15.1. The first-order chi connectivity index (χ1) is 12.4. The van der Waals surface area contributed by atoms with E-state index in [1.54, 1.807) is 6.07 Å². The first kappa shape index (κ1) is 17.7. The summed E-state index contributed by atoms with van der Waals surface area (Å²) in [5.74, 6) is 1.46. The molecule has 0 unspecified atom stereocenters. The molecule has 4 rings (SSSR count). The van der Waals surface area contributed by atoms with Gasteiger partial charge < -0.3 is 8.83 Å². The van der Waals surface area contributed by atoms with Gasteiger partial charge >= 0.3 is 0 Å². The van der Waals surface area contributed by atoms with Crippen LogP contribution in [0.4, 0.5) is 0 Å². The highest BCUT2D eigenvalue weighted by atomic mass is 32.2. The van der Waals surface area contributed by atoms with Gasteiger partial charge in [0.2, 0.25) is 11.0 Å². The molecule has 0 radical (unpaired) electrons. The maximum Gasteiger partial charge on any atom is 0.283 e. The highest BCUT2D eigenvalue weighted by Gasteiger charge is 2.32. The van der Waals surface area contributed by atoms with Gasteiger partial charge in [-0.2, -0.15) is 4.31 Å². The lowest BCUT2D eigenvalue weighted by atomic mass is 9.85. The molecule has 2 aromatic heterocycles. The van der Waals surface area contributed by atoms with E-state index in [9.17, 15) is 8.42 Å². The number of aromatic nitrogens is 2. The second-order valence-electron chi connectivity index (χ2n) is 7.23. The van der Waals surface area contributed by atoms with Crippen LogP contribution in [0.1, 0.15) is 44.9 Å². The van der Waals surface area contributed by atoms with E-state index in [0.717, 1.165) is 25.9 Å². The molecule has 9 heteroatoms. The lowest BCUT2D eigenvalue weighted by Gasteiger charge is -2.35. The van der Waals surface area contributed by atoms with Crippen LogP contribution in [0.3, 0.4) is 0 Å². The second kappa shape index (κ2) is 6.79. The van der Waals surface area contributed by atoms with Crippen molar-refractivity contribution in [1.29, 1.82) is 0 Å². The number of rotatable bonds is 5. The molecule has 1 saturated carbocycles. The molecular weight excluding hydrogens is 356 g/mol. The number of nitrogens with zero attached hydrogens (tertiary/aromatic N) is 4. The van der Waals surface area contributed by atoms with Crippen molar-refractivity contribution in [2.45, 2.75) is 50.2 Å². The molecule has 1 aliphatic carbocycles. The number of furan rings is 1. The molecule has 0 aromatic carbocycles. The van der Waals surface area contributed by atoms with Crippen molar-refractivity contribution in [3.8, 4) is 11.7 Å². The van der Waals surface area contributed by atoms with Crippen molar-refractivity contribution in [1.82, 2.24) is 19.4 Å². The fourth-order valence-electron chi connectivity index (χ4n) is 3.32. The molecule has 0 N–H and O–H groups in total. The topological polar surface area (TPSA) is 92.7 Å². The molecular formula is C17H24N4O4S. The number of piperazine rings is 1. The number of hydrogen-bond acceptors (Lipinski definition) is 7. The van der Waals surface area contributed by atoms with Crippen molar-refractivity contribution in [3.63, 3.8) is 0 Å². The van der Waals surface area contributed by atoms with E-state index in [0.29, 0.717) is 36.7 Å². The Hall–Kier alpha value is -1.71. The molecule has 2 fully saturated rings. The number of sulfonamides is 1. The van der Waals surface area contributed by atoms with Crippen LogP contribution in [0.5, 0.6) is 0 Å². The summed E-state index contributed by atoms with van der Waals surface area (Å²) in [5.41, 5.74) is 0. The van der Waals surface area contributed by atoms with Gasteiger partial charge in [0.25, 0.3) is 15.9 Å². The maximum atomic E-state index is 12.8. The van der Waals surface area contributed by atoms with Crippen molar-refractivity contribution in [2.24, 2.45) is 0 Å². The number of hydrogen-bond donors (Lipinski definition) is 0. The minimum absolute atomic E-state index is 0.0751. The predicted molar refractivity (Wildman–Crippen MR) is 94.1 cm³/mol. The highest BCUT2D eigenvalue weighted by molar-refractivity contribution is 7.89. The first-order valence-corrected chi connectivity index (χ1v) is 10.6. The Labute approximate surface area is 153 Å². The molecule has 8 nitrogen and oxygen atoms in total. The summed E-state index contributed by atoms with van der Waals surface area (Å²) in [5, 5.41) is 7.98. The third-order valence-electron chi connectivity index (χ3n) is 5.28. The van der Waals surface area contributed by atoms with E-state index in [-0.39, 0.29) is 11.0 Å². The van der Waals surface area contributed by atoms with Gasteiger partial charge in [0, 0.05) is 38.1 Å². The Kier molecular flexibility index (Phi) is 4.62. The van der Waals surface area contributed by atoms with Crippen LogP contribution in [0, 0.1) is 0 Å². The van der Waals surface area contributed by atoms with Gasteiger partial charge in [0.1, 0.15) is 0 Å². The van der Waals surface area contributed by atoms with Crippen LogP contribution < -0.4 is 0 Å². The minimum Gasteiger partial charge on any atom is -0.438 e. The monoisotopic (exact) mass is 380 g/mol. The smallest absolute Gasteiger partial charge is 0.283 e. The SMILES string of the molecule is CC(C)N1CCN(S(=O)(=O)c2ccc(-c3nnc(C4CCC4)o3)o2)CC1. The minimum atomic E-state index is -3.65. The van der Waals surface area contributed by atoms with E-state index in [1.165, 1.54) is 16.8 Å². The van der Waals surface area contributed by atoms with Crippen molar-refractivity contribution >= 4 is 10.0 Å². The van der Waals surface area contributed by atoms with E-state index in [4.69, 9.17) is 8.83 Å². The fourth-order valence-corrected chi connectivity index (χ4v) is 4.65. The van der Waals surface area contributed by atoms with Crippen molar-refractivity contribution in [3.05, 3.63) is 18.0 Å². The lowest BCUT2D eigenvalue weighted by Crippen LogP contribution is -2.50. The zero-order valence-corrected chi connectivity index (χ0v) is 15.9. The standard InChI is InChI=1S/C17H24N4O4S/c1-12(2)20-8-10-21(11-9-20)26(22,23)15-7-6-14(24-15)17-19-18-16(25-17)13-4-3-5-13/h6-7,12-13H,3-5,8-11H2,1-2H3. The molecule has 0 bridgehead atoms. The van der Waals surface area contributed by atoms with E-state index in [2.05, 4.69) is 28.9 Å². The summed E-state index contributed by atoms with van der Waals surface area (Å²) in [4.78, 5) is 2.26. The third kappa shape index (κ3) is 3.19. The van der Waals surface area contributed by atoms with Crippen LogP contribution in [0.25, 0.3) is 11.7 Å². The molecule has 26 heavy (non-hydrogen) atoms. The molecule has 1 aliphatic heterocycles.